The third kappa shape index (κ3) is 3.08. The second kappa shape index (κ2) is 6.17. The molecule has 5 nitrogen and oxygen atoms in total. The summed E-state index contributed by atoms with van der Waals surface area (Å²) >= 11 is 0. The number of nitrogens with one attached hydrogen (secondary N) is 1. The summed E-state index contributed by atoms with van der Waals surface area (Å²) in [4.78, 5) is 12.3. The fourth-order valence-electron chi connectivity index (χ4n) is 2.01. The lowest BCUT2D eigenvalue weighted by molar-refractivity contribution is 0.102. The number of methoxy groups -OCH3 is 2. The number of aryl methyl sites for hydroxylation is 1. The van der Waals surface area contributed by atoms with Crippen LogP contribution in [0.5, 0.6) is 17.2 Å². The van der Waals surface area contributed by atoms with Gasteiger partial charge in [-0.05, 0) is 31.2 Å². The summed E-state index contributed by atoms with van der Waals surface area (Å²) in [5.74, 6) is 0.465. The highest BCUT2D eigenvalue weighted by atomic mass is 16.5. The second-order valence-corrected chi connectivity index (χ2v) is 4.52. The number of carbonyl (C=O) groups is 1. The molecule has 0 fully saturated rings. The minimum atomic E-state index is -0.414. The fourth-order valence-corrected chi connectivity index (χ4v) is 2.01. The van der Waals surface area contributed by atoms with E-state index in [9.17, 15) is 9.90 Å². The summed E-state index contributed by atoms with van der Waals surface area (Å²) in [6.45, 7) is 1.85. The molecule has 2 N–H and O–H groups in total. The molecule has 5 heteroatoms. The Morgan fingerprint density at radius 2 is 1.90 bits per heavy atom. The average molecular weight is 287 g/mol. The largest absolute Gasteiger partial charge is 0.507 e. The summed E-state index contributed by atoms with van der Waals surface area (Å²) in [6, 6.07) is 10.0. The van der Waals surface area contributed by atoms with Crippen molar-refractivity contribution in [2.24, 2.45) is 0 Å². The maximum Gasteiger partial charge on any atom is 0.259 e. The number of hydrogen-bond donors (Lipinski definition) is 2. The Labute approximate surface area is 123 Å². The van der Waals surface area contributed by atoms with E-state index in [2.05, 4.69) is 5.32 Å². The Kier molecular flexibility index (Phi) is 4.33. The minimum absolute atomic E-state index is 0.0695. The van der Waals surface area contributed by atoms with Crippen molar-refractivity contribution in [3.8, 4) is 17.2 Å². The normalized spacial score (nSPS) is 10.0. The lowest BCUT2D eigenvalue weighted by Gasteiger charge is -2.14. The van der Waals surface area contributed by atoms with Crippen LogP contribution in [0, 0.1) is 6.92 Å². The molecule has 2 aromatic rings. The van der Waals surface area contributed by atoms with Gasteiger partial charge in [0.05, 0.1) is 25.5 Å². The van der Waals surface area contributed by atoms with Gasteiger partial charge in [0.25, 0.3) is 5.91 Å². The van der Waals surface area contributed by atoms with Crippen LogP contribution in [-0.2, 0) is 0 Å². The standard InChI is InChI=1S/C16H17NO4/c1-10-7-8-13(18)11(9-10)16(19)17-12-5-4-6-14(20-2)15(12)21-3/h4-9,18H,1-3H3,(H,17,19). The first-order valence-electron chi connectivity index (χ1n) is 6.38. The molecule has 0 atom stereocenters. The topological polar surface area (TPSA) is 67.8 Å². The van der Waals surface area contributed by atoms with Crippen molar-refractivity contribution in [2.75, 3.05) is 19.5 Å². The molecule has 2 rings (SSSR count). The number of phenols is 1. The van der Waals surface area contributed by atoms with Gasteiger partial charge >= 0.3 is 0 Å². The number of benzene rings is 2. The van der Waals surface area contributed by atoms with Crippen LogP contribution in [0.3, 0.4) is 0 Å². The highest BCUT2D eigenvalue weighted by molar-refractivity contribution is 6.07. The molecule has 0 saturated carbocycles. The number of anilines is 1. The van der Waals surface area contributed by atoms with Gasteiger partial charge in [-0.3, -0.25) is 4.79 Å². The molecule has 21 heavy (non-hydrogen) atoms. The van der Waals surface area contributed by atoms with Gasteiger partial charge in [0.1, 0.15) is 5.75 Å². The lowest BCUT2D eigenvalue weighted by Crippen LogP contribution is -2.13. The maximum atomic E-state index is 12.3. The number of amides is 1. The van der Waals surface area contributed by atoms with E-state index in [0.717, 1.165) is 5.56 Å². The van der Waals surface area contributed by atoms with Crippen molar-refractivity contribution in [3.05, 3.63) is 47.5 Å². The average Bonchev–Trinajstić information content (AvgIpc) is 2.49. The molecule has 110 valence electrons. The van der Waals surface area contributed by atoms with E-state index in [1.807, 2.05) is 6.92 Å². The van der Waals surface area contributed by atoms with E-state index in [1.54, 1.807) is 30.3 Å². The van der Waals surface area contributed by atoms with Crippen LogP contribution in [-0.4, -0.2) is 25.2 Å². The van der Waals surface area contributed by atoms with Gasteiger partial charge in [0, 0.05) is 0 Å². The number of phenolic OH excluding ortho intramolecular Hbond substituents is 1. The Bertz CT molecular complexity index is 667. The fraction of sp³-hybridized carbons (Fsp3) is 0.188. The highest BCUT2D eigenvalue weighted by Gasteiger charge is 2.15. The van der Waals surface area contributed by atoms with Crippen LogP contribution in [0.25, 0.3) is 0 Å². The van der Waals surface area contributed by atoms with E-state index in [-0.39, 0.29) is 11.3 Å². The van der Waals surface area contributed by atoms with Crippen LogP contribution in [0.2, 0.25) is 0 Å². The molecule has 0 bridgehead atoms. The van der Waals surface area contributed by atoms with Gasteiger partial charge in [0.15, 0.2) is 11.5 Å². The first kappa shape index (κ1) is 14.7. The zero-order chi connectivity index (χ0) is 15.4. The van der Waals surface area contributed by atoms with Crippen LogP contribution < -0.4 is 14.8 Å². The number of rotatable bonds is 4. The van der Waals surface area contributed by atoms with Crippen molar-refractivity contribution in [1.29, 1.82) is 0 Å². The quantitative estimate of drug-likeness (QED) is 0.907. The first-order chi connectivity index (χ1) is 10.1. The molecule has 0 radical (unpaired) electrons. The molecular formula is C16H17NO4. The zero-order valence-corrected chi connectivity index (χ0v) is 12.1. The number of aromatic hydroxyl groups is 1. The summed E-state index contributed by atoms with van der Waals surface area (Å²) in [6.07, 6.45) is 0. The van der Waals surface area contributed by atoms with Crippen LogP contribution in [0.15, 0.2) is 36.4 Å². The molecule has 0 saturated heterocycles. The summed E-state index contributed by atoms with van der Waals surface area (Å²) in [5, 5.41) is 12.5. The molecule has 0 aliphatic heterocycles. The third-order valence-corrected chi connectivity index (χ3v) is 3.05. The summed E-state index contributed by atoms with van der Waals surface area (Å²) in [5.41, 5.74) is 1.57. The summed E-state index contributed by atoms with van der Waals surface area (Å²) < 4.78 is 10.4. The van der Waals surface area contributed by atoms with E-state index in [4.69, 9.17) is 9.47 Å². The summed E-state index contributed by atoms with van der Waals surface area (Å²) in [7, 11) is 3.02. The van der Waals surface area contributed by atoms with Crippen molar-refractivity contribution in [1.82, 2.24) is 0 Å². The predicted molar refractivity (Wildman–Crippen MR) is 80.3 cm³/mol. The predicted octanol–water partition coefficient (Wildman–Crippen LogP) is 2.97. The van der Waals surface area contributed by atoms with Gasteiger partial charge in [-0.2, -0.15) is 0 Å². The number of ether oxygens (including phenoxy) is 2. The molecule has 0 aromatic heterocycles. The van der Waals surface area contributed by atoms with E-state index in [1.165, 1.54) is 20.3 Å². The van der Waals surface area contributed by atoms with E-state index in [0.29, 0.717) is 17.2 Å². The SMILES string of the molecule is COc1cccc(NC(=O)c2cc(C)ccc2O)c1OC. The van der Waals surface area contributed by atoms with Crippen molar-refractivity contribution in [2.45, 2.75) is 6.92 Å². The molecule has 0 aliphatic rings. The number of hydrogen-bond acceptors (Lipinski definition) is 4. The Morgan fingerprint density at radius 3 is 2.57 bits per heavy atom. The Morgan fingerprint density at radius 1 is 1.14 bits per heavy atom. The Hall–Kier alpha value is -2.69. The van der Waals surface area contributed by atoms with Crippen LogP contribution >= 0.6 is 0 Å². The molecule has 0 heterocycles. The molecule has 2 aromatic carbocycles. The Balaban J connectivity index is 2.34. The van der Waals surface area contributed by atoms with Gasteiger partial charge in [0.2, 0.25) is 0 Å². The van der Waals surface area contributed by atoms with Gasteiger partial charge in [-0.15, -0.1) is 0 Å². The van der Waals surface area contributed by atoms with Gasteiger partial charge in [-0.25, -0.2) is 0 Å². The molecule has 0 unspecified atom stereocenters. The van der Waals surface area contributed by atoms with Crippen LogP contribution in [0.1, 0.15) is 15.9 Å². The smallest absolute Gasteiger partial charge is 0.259 e. The van der Waals surface area contributed by atoms with E-state index < -0.39 is 5.91 Å². The van der Waals surface area contributed by atoms with Gasteiger partial charge < -0.3 is 19.9 Å². The highest BCUT2D eigenvalue weighted by Crippen LogP contribution is 2.35. The lowest BCUT2D eigenvalue weighted by atomic mass is 10.1. The van der Waals surface area contributed by atoms with Crippen molar-refractivity contribution >= 4 is 11.6 Å². The molecule has 0 spiro atoms. The minimum Gasteiger partial charge on any atom is -0.507 e. The number of carbonyl (C=O) groups excluding carboxylic acids is 1. The molecular weight excluding hydrogens is 270 g/mol. The van der Waals surface area contributed by atoms with Crippen molar-refractivity contribution in [3.63, 3.8) is 0 Å². The zero-order valence-electron chi connectivity index (χ0n) is 12.1. The molecule has 1 amide bonds. The van der Waals surface area contributed by atoms with Crippen molar-refractivity contribution < 1.29 is 19.4 Å². The van der Waals surface area contributed by atoms with Crippen LogP contribution in [0.4, 0.5) is 5.69 Å². The third-order valence-electron chi connectivity index (χ3n) is 3.05. The molecule has 0 aliphatic carbocycles. The maximum absolute atomic E-state index is 12.3. The number of para-hydroxylation sites is 1. The first-order valence-corrected chi connectivity index (χ1v) is 6.38. The monoisotopic (exact) mass is 287 g/mol. The van der Waals surface area contributed by atoms with Gasteiger partial charge in [-0.1, -0.05) is 17.7 Å². The second-order valence-electron chi connectivity index (χ2n) is 4.52. The van der Waals surface area contributed by atoms with E-state index >= 15 is 0 Å².